The molecule has 1 aromatic heterocycles. The highest BCUT2D eigenvalue weighted by Crippen LogP contribution is 2.18. The van der Waals surface area contributed by atoms with E-state index in [4.69, 9.17) is 10.5 Å². The van der Waals surface area contributed by atoms with Crippen molar-refractivity contribution in [3.05, 3.63) is 41.6 Å². The summed E-state index contributed by atoms with van der Waals surface area (Å²) in [4.78, 5) is 23.6. The number of hydrogen-bond acceptors (Lipinski definition) is 5. The lowest BCUT2D eigenvalue weighted by molar-refractivity contribution is 0.0527. The van der Waals surface area contributed by atoms with Gasteiger partial charge in [-0.05, 0) is 37.6 Å². The second kappa shape index (κ2) is 7.44. The first-order valence-electron chi connectivity index (χ1n) is 7.47. The van der Waals surface area contributed by atoms with E-state index in [-0.39, 0.29) is 23.9 Å². The van der Waals surface area contributed by atoms with E-state index in [0.717, 1.165) is 6.42 Å². The average molecular weight is 316 g/mol. The van der Waals surface area contributed by atoms with Crippen molar-refractivity contribution in [3.63, 3.8) is 0 Å². The predicted octanol–water partition coefficient (Wildman–Crippen LogP) is 1.77. The van der Waals surface area contributed by atoms with E-state index >= 15 is 0 Å². The second-order valence-electron chi connectivity index (χ2n) is 4.88. The van der Waals surface area contributed by atoms with Crippen molar-refractivity contribution in [2.24, 2.45) is 0 Å². The number of nitrogens with two attached hydrogens (primary N) is 1. The van der Waals surface area contributed by atoms with Gasteiger partial charge in [-0.3, -0.25) is 4.79 Å². The van der Waals surface area contributed by atoms with Gasteiger partial charge >= 0.3 is 5.97 Å². The van der Waals surface area contributed by atoms with Crippen LogP contribution < -0.4 is 11.1 Å². The highest BCUT2D eigenvalue weighted by atomic mass is 16.5. The predicted molar refractivity (Wildman–Crippen MR) is 86.6 cm³/mol. The minimum absolute atomic E-state index is 0.126. The molecule has 0 fully saturated rings. The van der Waals surface area contributed by atoms with Crippen molar-refractivity contribution in [1.29, 1.82) is 0 Å². The van der Waals surface area contributed by atoms with E-state index in [1.807, 2.05) is 6.92 Å². The van der Waals surface area contributed by atoms with Gasteiger partial charge in [0.15, 0.2) is 0 Å². The van der Waals surface area contributed by atoms with Crippen LogP contribution in [-0.2, 0) is 4.74 Å². The zero-order valence-corrected chi connectivity index (χ0v) is 13.2. The summed E-state index contributed by atoms with van der Waals surface area (Å²) in [7, 11) is 0. The number of rotatable bonds is 6. The van der Waals surface area contributed by atoms with Gasteiger partial charge in [0.25, 0.3) is 5.91 Å². The van der Waals surface area contributed by atoms with Crippen molar-refractivity contribution < 1.29 is 14.3 Å². The minimum atomic E-state index is -0.508. The maximum Gasteiger partial charge on any atom is 0.343 e. The Morgan fingerprint density at radius 3 is 2.57 bits per heavy atom. The van der Waals surface area contributed by atoms with Crippen LogP contribution >= 0.6 is 0 Å². The molecule has 0 bridgehead atoms. The standard InChI is InChI=1S/C16H20N4O3/c1-3-9-18-15(21)11-5-7-12(8-6-11)20-14(17)13(10-19-20)16(22)23-4-2/h5-8,10H,3-4,9,17H2,1-2H3,(H,18,21). The molecule has 0 saturated heterocycles. The Morgan fingerprint density at radius 1 is 1.26 bits per heavy atom. The number of esters is 1. The summed E-state index contributed by atoms with van der Waals surface area (Å²) < 4.78 is 6.35. The number of nitrogen functional groups attached to an aromatic ring is 1. The molecule has 3 N–H and O–H groups in total. The van der Waals surface area contributed by atoms with E-state index in [0.29, 0.717) is 17.8 Å². The lowest BCUT2D eigenvalue weighted by atomic mass is 10.2. The molecule has 2 aromatic rings. The molecule has 0 unspecified atom stereocenters. The molecule has 1 amide bonds. The summed E-state index contributed by atoms with van der Waals surface area (Å²) >= 11 is 0. The van der Waals surface area contributed by atoms with Gasteiger partial charge in [0.1, 0.15) is 11.4 Å². The van der Waals surface area contributed by atoms with Crippen LogP contribution in [-0.4, -0.2) is 34.8 Å². The molecule has 23 heavy (non-hydrogen) atoms. The van der Waals surface area contributed by atoms with Crippen molar-refractivity contribution in [3.8, 4) is 5.69 Å². The van der Waals surface area contributed by atoms with Gasteiger partial charge in [0.2, 0.25) is 0 Å². The number of nitrogens with one attached hydrogen (secondary N) is 1. The molecule has 0 atom stereocenters. The molecule has 7 heteroatoms. The smallest absolute Gasteiger partial charge is 0.343 e. The Balaban J connectivity index is 2.20. The van der Waals surface area contributed by atoms with Gasteiger partial charge in [0.05, 0.1) is 18.5 Å². The number of aromatic nitrogens is 2. The summed E-state index contributed by atoms with van der Waals surface area (Å²) in [5, 5.41) is 6.91. The van der Waals surface area contributed by atoms with Gasteiger partial charge in [-0.2, -0.15) is 5.10 Å². The van der Waals surface area contributed by atoms with E-state index in [9.17, 15) is 9.59 Å². The zero-order valence-electron chi connectivity index (χ0n) is 13.2. The molecule has 0 spiro atoms. The second-order valence-corrected chi connectivity index (χ2v) is 4.88. The summed E-state index contributed by atoms with van der Waals surface area (Å²) in [5.41, 5.74) is 7.38. The molecule has 0 aliphatic rings. The Labute approximate surface area is 134 Å². The summed E-state index contributed by atoms with van der Waals surface area (Å²) in [5.74, 6) is -0.433. The Bertz CT molecular complexity index is 692. The fourth-order valence-electron chi connectivity index (χ4n) is 2.02. The molecule has 122 valence electrons. The fourth-order valence-corrected chi connectivity index (χ4v) is 2.02. The number of carbonyl (C=O) groups excluding carboxylic acids is 2. The maximum absolute atomic E-state index is 11.9. The van der Waals surface area contributed by atoms with Crippen LogP contribution in [0.4, 0.5) is 5.82 Å². The molecular weight excluding hydrogens is 296 g/mol. The third-order valence-electron chi connectivity index (χ3n) is 3.21. The van der Waals surface area contributed by atoms with E-state index in [1.165, 1.54) is 10.9 Å². The Hall–Kier alpha value is -2.83. The summed E-state index contributed by atoms with van der Waals surface area (Å²) in [6.45, 7) is 4.62. The fraction of sp³-hybridized carbons (Fsp3) is 0.312. The van der Waals surface area contributed by atoms with Crippen molar-refractivity contribution in [2.45, 2.75) is 20.3 Å². The topological polar surface area (TPSA) is 99.2 Å². The van der Waals surface area contributed by atoms with Crippen LogP contribution in [0.1, 0.15) is 41.0 Å². The molecule has 1 heterocycles. The van der Waals surface area contributed by atoms with E-state index in [1.54, 1.807) is 31.2 Å². The number of ether oxygens (including phenoxy) is 1. The first kappa shape index (κ1) is 16.5. The van der Waals surface area contributed by atoms with Crippen LogP contribution in [0.25, 0.3) is 5.69 Å². The first-order chi connectivity index (χ1) is 11.1. The number of nitrogens with zero attached hydrogens (tertiary/aromatic N) is 2. The summed E-state index contributed by atoms with van der Waals surface area (Å²) in [6.07, 6.45) is 2.25. The van der Waals surface area contributed by atoms with Crippen molar-refractivity contribution >= 4 is 17.7 Å². The lowest BCUT2D eigenvalue weighted by Gasteiger charge is -2.07. The minimum Gasteiger partial charge on any atom is -0.462 e. The molecule has 0 aliphatic heterocycles. The highest BCUT2D eigenvalue weighted by molar-refractivity contribution is 5.95. The molecule has 0 saturated carbocycles. The lowest BCUT2D eigenvalue weighted by Crippen LogP contribution is -2.23. The number of amides is 1. The molecule has 7 nitrogen and oxygen atoms in total. The highest BCUT2D eigenvalue weighted by Gasteiger charge is 2.17. The van der Waals surface area contributed by atoms with E-state index in [2.05, 4.69) is 10.4 Å². The monoisotopic (exact) mass is 316 g/mol. The molecule has 2 rings (SSSR count). The van der Waals surface area contributed by atoms with Gasteiger partial charge in [0, 0.05) is 12.1 Å². The van der Waals surface area contributed by atoms with Gasteiger partial charge in [-0.1, -0.05) is 6.92 Å². The van der Waals surface area contributed by atoms with Crippen LogP contribution in [0.15, 0.2) is 30.5 Å². The van der Waals surface area contributed by atoms with Crippen LogP contribution in [0, 0.1) is 0 Å². The van der Waals surface area contributed by atoms with Crippen LogP contribution in [0.3, 0.4) is 0 Å². The number of hydrogen-bond donors (Lipinski definition) is 2. The number of carbonyl (C=O) groups is 2. The van der Waals surface area contributed by atoms with Crippen LogP contribution in [0.2, 0.25) is 0 Å². The van der Waals surface area contributed by atoms with Gasteiger partial charge in [-0.25, -0.2) is 9.48 Å². The Kier molecular flexibility index (Phi) is 5.35. The van der Waals surface area contributed by atoms with Crippen LogP contribution in [0.5, 0.6) is 0 Å². The van der Waals surface area contributed by atoms with Gasteiger partial charge in [-0.15, -0.1) is 0 Å². The maximum atomic E-state index is 11.9. The van der Waals surface area contributed by atoms with E-state index < -0.39 is 5.97 Å². The van der Waals surface area contributed by atoms with Crippen molar-refractivity contribution in [2.75, 3.05) is 18.9 Å². The van der Waals surface area contributed by atoms with Crippen molar-refractivity contribution in [1.82, 2.24) is 15.1 Å². The molecular formula is C16H20N4O3. The molecule has 0 radical (unpaired) electrons. The summed E-state index contributed by atoms with van der Waals surface area (Å²) in [6, 6.07) is 6.81. The third kappa shape index (κ3) is 3.68. The normalized spacial score (nSPS) is 10.3. The quantitative estimate of drug-likeness (QED) is 0.791. The molecule has 1 aromatic carbocycles. The first-order valence-corrected chi connectivity index (χ1v) is 7.47. The number of benzene rings is 1. The third-order valence-corrected chi connectivity index (χ3v) is 3.21. The van der Waals surface area contributed by atoms with Gasteiger partial charge < -0.3 is 15.8 Å². The molecule has 0 aliphatic carbocycles. The number of anilines is 1. The largest absolute Gasteiger partial charge is 0.462 e. The zero-order chi connectivity index (χ0) is 16.8. The Morgan fingerprint density at radius 2 is 1.96 bits per heavy atom. The average Bonchev–Trinajstić information content (AvgIpc) is 2.94. The SMILES string of the molecule is CCCNC(=O)c1ccc(-n2ncc(C(=O)OCC)c2N)cc1.